The molecule has 24 heavy (non-hydrogen) atoms. The van der Waals surface area contributed by atoms with Crippen molar-refractivity contribution in [3.8, 4) is 0 Å². The quantitative estimate of drug-likeness (QED) is 0.831. The van der Waals surface area contributed by atoms with Gasteiger partial charge in [-0.2, -0.15) is 0 Å². The van der Waals surface area contributed by atoms with Gasteiger partial charge < -0.3 is 14.3 Å². The lowest BCUT2D eigenvalue weighted by molar-refractivity contribution is -0.138. The fraction of sp³-hybridized carbons (Fsp3) is 0.111. The van der Waals surface area contributed by atoms with Crippen molar-refractivity contribution in [2.24, 2.45) is 4.99 Å². The molecule has 1 aliphatic rings. The summed E-state index contributed by atoms with van der Waals surface area (Å²) in [4.78, 5) is 17.2. The minimum Gasteiger partial charge on any atom is -0.506 e. The van der Waals surface area contributed by atoms with Gasteiger partial charge in [-0.05, 0) is 37.3 Å². The van der Waals surface area contributed by atoms with Gasteiger partial charge in [-0.3, -0.25) is 0 Å². The number of rotatable bonds is 4. The summed E-state index contributed by atoms with van der Waals surface area (Å²) in [5.41, 5.74) is 0.761. The van der Waals surface area contributed by atoms with Gasteiger partial charge in [-0.1, -0.05) is 30.0 Å². The molecule has 0 amide bonds. The highest BCUT2D eigenvalue weighted by molar-refractivity contribution is 8.18. The van der Waals surface area contributed by atoms with Crippen LogP contribution in [0.25, 0.3) is 6.08 Å². The Morgan fingerprint density at radius 2 is 2.08 bits per heavy atom. The molecule has 2 aromatic rings. The normalized spacial score (nSPS) is 17.7. The highest BCUT2D eigenvalue weighted by Gasteiger charge is 2.33. The van der Waals surface area contributed by atoms with E-state index in [-0.39, 0.29) is 17.9 Å². The number of nitrogens with zero attached hydrogens (tertiary/aromatic N) is 1. The van der Waals surface area contributed by atoms with E-state index in [0.717, 1.165) is 0 Å². The van der Waals surface area contributed by atoms with Gasteiger partial charge in [0.2, 0.25) is 0 Å². The Morgan fingerprint density at radius 1 is 1.29 bits per heavy atom. The van der Waals surface area contributed by atoms with Gasteiger partial charge in [0.25, 0.3) is 0 Å². The third-order valence-electron chi connectivity index (χ3n) is 3.17. The van der Waals surface area contributed by atoms with Crippen molar-refractivity contribution >= 4 is 34.5 Å². The first-order valence-corrected chi connectivity index (χ1v) is 8.18. The molecule has 1 aromatic heterocycles. The van der Waals surface area contributed by atoms with Crippen LogP contribution in [0.15, 0.2) is 74.4 Å². The Labute approximate surface area is 143 Å². The van der Waals surface area contributed by atoms with Gasteiger partial charge in [0, 0.05) is 0 Å². The number of benzene rings is 1. The maximum atomic E-state index is 12.2. The monoisotopic (exact) mass is 341 g/mol. The van der Waals surface area contributed by atoms with Crippen molar-refractivity contribution in [2.75, 3.05) is 6.61 Å². The molecule has 0 aliphatic carbocycles. The van der Waals surface area contributed by atoms with Gasteiger partial charge >= 0.3 is 5.97 Å². The maximum absolute atomic E-state index is 12.2. The summed E-state index contributed by atoms with van der Waals surface area (Å²) >= 11 is 1.20. The van der Waals surface area contributed by atoms with Crippen LogP contribution in [0, 0.1) is 0 Å². The number of aliphatic hydroxyl groups is 1. The Bertz CT molecular complexity index is 820. The highest BCUT2D eigenvalue weighted by atomic mass is 32.2. The first-order valence-electron chi connectivity index (χ1n) is 7.37. The zero-order valence-electron chi connectivity index (χ0n) is 12.9. The van der Waals surface area contributed by atoms with Crippen LogP contribution in [-0.2, 0) is 9.53 Å². The second-order valence-corrected chi connectivity index (χ2v) is 5.85. The van der Waals surface area contributed by atoms with E-state index >= 15 is 0 Å². The molecule has 0 saturated carbocycles. The molecule has 2 heterocycles. The molecule has 0 radical (unpaired) electrons. The Hall–Kier alpha value is -2.73. The van der Waals surface area contributed by atoms with E-state index in [1.165, 1.54) is 18.0 Å². The molecule has 6 heteroatoms. The number of esters is 1. The number of carbonyl (C=O) groups is 1. The first-order chi connectivity index (χ1) is 11.7. The van der Waals surface area contributed by atoms with Crippen LogP contribution >= 0.6 is 11.8 Å². The molecular weight excluding hydrogens is 326 g/mol. The molecule has 0 spiro atoms. The number of furan rings is 1. The molecule has 0 atom stereocenters. The summed E-state index contributed by atoms with van der Waals surface area (Å²) < 4.78 is 10.3. The second kappa shape index (κ2) is 7.23. The van der Waals surface area contributed by atoms with E-state index in [0.29, 0.717) is 21.4 Å². The average molecular weight is 341 g/mol. The molecule has 1 N–H and O–H groups in total. The second-order valence-electron chi connectivity index (χ2n) is 4.82. The fourth-order valence-electron chi connectivity index (χ4n) is 2.11. The van der Waals surface area contributed by atoms with Crippen LogP contribution in [0.5, 0.6) is 0 Å². The zero-order chi connectivity index (χ0) is 16.9. The Kier molecular flexibility index (Phi) is 4.86. The summed E-state index contributed by atoms with van der Waals surface area (Å²) in [6.07, 6.45) is 3.20. The van der Waals surface area contributed by atoms with Crippen molar-refractivity contribution < 1.29 is 19.1 Å². The highest BCUT2D eigenvalue weighted by Crippen LogP contribution is 2.40. The Balaban J connectivity index is 2.02. The number of para-hydroxylation sites is 1. The van der Waals surface area contributed by atoms with Crippen LogP contribution in [0.2, 0.25) is 0 Å². The predicted molar refractivity (Wildman–Crippen MR) is 94.1 cm³/mol. The summed E-state index contributed by atoms with van der Waals surface area (Å²) in [6, 6.07) is 12.7. The third-order valence-corrected chi connectivity index (χ3v) is 4.19. The van der Waals surface area contributed by atoms with E-state index in [1.807, 2.05) is 30.3 Å². The predicted octanol–water partition coefficient (Wildman–Crippen LogP) is 4.47. The smallest absolute Gasteiger partial charge is 0.344 e. The summed E-state index contributed by atoms with van der Waals surface area (Å²) in [5.74, 6) is -0.169. The number of aliphatic imine (C=N–C) groups is 1. The van der Waals surface area contributed by atoms with Crippen LogP contribution in [0.4, 0.5) is 5.69 Å². The average Bonchev–Trinajstić information content (AvgIpc) is 3.18. The number of aliphatic hydroxyl groups excluding tert-OH is 1. The van der Waals surface area contributed by atoms with E-state index in [2.05, 4.69) is 4.99 Å². The van der Waals surface area contributed by atoms with Crippen LogP contribution < -0.4 is 0 Å². The van der Waals surface area contributed by atoms with Crippen molar-refractivity contribution in [2.45, 2.75) is 6.92 Å². The molecule has 0 unspecified atom stereocenters. The lowest BCUT2D eigenvalue weighted by Crippen LogP contribution is -2.12. The van der Waals surface area contributed by atoms with Gasteiger partial charge in [0.1, 0.15) is 22.1 Å². The van der Waals surface area contributed by atoms with Crippen molar-refractivity contribution in [1.82, 2.24) is 0 Å². The number of carbonyl (C=O) groups excluding carboxylic acids is 1. The largest absolute Gasteiger partial charge is 0.506 e. The van der Waals surface area contributed by atoms with E-state index in [4.69, 9.17) is 9.15 Å². The Morgan fingerprint density at radius 3 is 2.75 bits per heavy atom. The van der Waals surface area contributed by atoms with Crippen molar-refractivity contribution in [3.05, 3.63) is 70.7 Å². The minimum atomic E-state index is -0.597. The van der Waals surface area contributed by atoms with Crippen LogP contribution in [0.1, 0.15) is 12.7 Å². The molecule has 5 nitrogen and oxygen atoms in total. The topological polar surface area (TPSA) is 72.0 Å². The molecular formula is C18H15NO4S. The number of ether oxygens (including phenoxy) is 1. The lowest BCUT2D eigenvalue weighted by atomic mass is 10.2. The summed E-state index contributed by atoms with van der Waals surface area (Å²) in [6.45, 7) is 1.93. The van der Waals surface area contributed by atoms with Crippen molar-refractivity contribution in [1.29, 1.82) is 0 Å². The number of hydrogen-bond acceptors (Lipinski definition) is 6. The number of thioether (sulfide) groups is 1. The molecule has 122 valence electrons. The standard InChI is InChI=1S/C18H15NO4S/c1-2-22-18(21)15-16(20)14(11-13-9-6-10-23-13)24-17(15)19-12-7-4-3-5-8-12/h3-11,20H,2H2,1H3/b14-11+,19-17?. The third kappa shape index (κ3) is 3.44. The van der Waals surface area contributed by atoms with Crippen LogP contribution in [-0.4, -0.2) is 22.7 Å². The molecule has 1 aliphatic heterocycles. The van der Waals surface area contributed by atoms with Gasteiger partial charge in [0.15, 0.2) is 0 Å². The maximum Gasteiger partial charge on any atom is 0.344 e. The molecule has 0 saturated heterocycles. The summed E-state index contributed by atoms with van der Waals surface area (Å²) in [5, 5.41) is 10.9. The van der Waals surface area contributed by atoms with Gasteiger partial charge in [-0.25, -0.2) is 9.79 Å². The molecule has 0 fully saturated rings. The SMILES string of the molecule is CCOC(=O)C1=C(O)/C(=C\c2ccco2)SC1=Nc1ccccc1. The van der Waals surface area contributed by atoms with E-state index in [9.17, 15) is 9.90 Å². The molecule has 1 aromatic carbocycles. The molecule has 0 bridgehead atoms. The van der Waals surface area contributed by atoms with E-state index in [1.54, 1.807) is 25.1 Å². The lowest BCUT2D eigenvalue weighted by Gasteiger charge is -2.03. The fourth-order valence-corrected chi connectivity index (χ4v) is 3.13. The minimum absolute atomic E-state index is 0.0727. The van der Waals surface area contributed by atoms with Crippen molar-refractivity contribution in [3.63, 3.8) is 0 Å². The summed E-state index contributed by atoms with van der Waals surface area (Å²) in [7, 11) is 0. The van der Waals surface area contributed by atoms with E-state index < -0.39 is 5.97 Å². The van der Waals surface area contributed by atoms with Gasteiger partial charge in [0.05, 0.1) is 23.5 Å². The first kappa shape index (κ1) is 16.1. The van der Waals surface area contributed by atoms with Gasteiger partial charge in [-0.15, -0.1) is 0 Å². The van der Waals surface area contributed by atoms with Crippen LogP contribution in [0.3, 0.4) is 0 Å². The number of hydrogen-bond donors (Lipinski definition) is 1. The molecule has 3 rings (SSSR count). The zero-order valence-corrected chi connectivity index (χ0v) is 13.7.